The SMILES string of the molecule is CC(C)(C)c1ccc(S(=O)(=O)Nc2ccc(N3CCN(C(=O)Cc4ccc(F)cc4)CC3)cc2)cc1. The predicted octanol–water partition coefficient (Wildman–Crippen LogP) is 4.82. The highest BCUT2D eigenvalue weighted by atomic mass is 32.2. The number of piperazine rings is 1. The zero-order valence-electron chi connectivity index (χ0n) is 20.9. The Morgan fingerprint density at radius 1 is 0.861 bits per heavy atom. The molecule has 0 aliphatic carbocycles. The zero-order chi connectivity index (χ0) is 25.9. The van der Waals surface area contributed by atoms with Crippen molar-refractivity contribution < 1.29 is 17.6 Å². The van der Waals surface area contributed by atoms with Crippen LogP contribution in [0.15, 0.2) is 77.7 Å². The van der Waals surface area contributed by atoms with Crippen LogP contribution in [0.25, 0.3) is 0 Å². The lowest BCUT2D eigenvalue weighted by Gasteiger charge is -2.36. The van der Waals surface area contributed by atoms with Gasteiger partial charge in [0.05, 0.1) is 11.3 Å². The average molecular weight is 510 g/mol. The monoisotopic (exact) mass is 509 g/mol. The summed E-state index contributed by atoms with van der Waals surface area (Å²) in [5, 5.41) is 0. The van der Waals surface area contributed by atoms with Gasteiger partial charge in [0.2, 0.25) is 5.91 Å². The number of nitrogens with zero attached hydrogens (tertiary/aromatic N) is 2. The maximum Gasteiger partial charge on any atom is 0.261 e. The smallest absolute Gasteiger partial charge is 0.261 e. The molecule has 6 nitrogen and oxygen atoms in total. The zero-order valence-corrected chi connectivity index (χ0v) is 21.7. The van der Waals surface area contributed by atoms with E-state index in [4.69, 9.17) is 0 Å². The van der Waals surface area contributed by atoms with Gasteiger partial charge < -0.3 is 9.80 Å². The van der Waals surface area contributed by atoms with Crippen LogP contribution in [0, 0.1) is 5.82 Å². The Morgan fingerprint density at radius 3 is 2.00 bits per heavy atom. The van der Waals surface area contributed by atoms with Gasteiger partial charge >= 0.3 is 0 Å². The van der Waals surface area contributed by atoms with Gasteiger partial charge in [0.25, 0.3) is 10.0 Å². The summed E-state index contributed by atoms with van der Waals surface area (Å²) >= 11 is 0. The van der Waals surface area contributed by atoms with Crippen LogP contribution in [-0.4, -0.2) is 45.4 Å². The van der Waals surface area contributed by atoms with Gasteiger partial charge in [-0.05, 0) is 65.1 Å². The number of sulfonamides is 1. The third-order valence-corrected chi connectivity index (χ3v) is 7.81. The molecule has 1 aliphatic heterocycles. The lowest BCUT2D eigenvalue weighted by Crippen LogP contribution is -2.49. The van der Waals surface area contributed by atoms with E-state index in [0.29, 0.717) is 31.9 Å². The summed E-state index contributed by atoms with van der Waals surface area (Å²) in [5.74, 6) is -0.282. The summed E-state index contributed by atoms with van der Waals surface area (Å²) < 4.78 is 41.4. The number of hydrogen-bond donors (Lipinski definition) is 1. The van der Waals surface area contributed by atoms with Crippen LogP contribution in [0.1, 0.15) is 31.9 Å². The molecule has 1 saturated heterocycles. The van der Waals surface area contributed by atoms with Gasteiger partial charge in [-0.15, -0.1) is 0 Å². The van der Waals surface area contributed by atoms with Crippen LogP contribution in [-0.2, 0) is 26.7 Å². The highest BCUT2D eigenvalue weighted by Gasteiger charge is 2.22. The van der Waals surface area contributed by atoms with Crippen LogP contribution in [0.2, 0.25) is 0 Å². The van der Waals surface area contributed by atoms with E-state index in [1.807, 2.05) is 29.2 Å². The number of rotatable bonds is 6. The molecule has 3 aromatic carbocycles. The van der Waals surface area contributed by atoms with Crippen molar-refractivity contribution in [1.29, 1.82) is 0 Å². The van der Waals surface area contributed by atoms with Crippen molar-refractivity contribution in [2.75, 3.05) is 35.8 Å². The third kappa shape index (κ3) is 6.23. The van der Waals surface area contributed by atoms with E-state index in [1.54, 1.807) is 36.4 Å². The molecule has 0 saturated carbocycles. The van der Waals surface area contributed by atoms with Gasteiger partial charge in [0.1, 0.15) is 5.82 Å². The van der Waals surface area contributed by atoms with Crippen LogP contribution < -0.4 is 9.62 Å². The molecule has 190 valence electrons. The number of halogens is 1. The molecule has 0 aromatic heterocycles. The molecule has 0 unspecified atom stereocenters. The summed E-state index contributed by atoms with van der Waals surface area (Å²) in [5.41, 5.74) is 3.28. The lowest BCUT2D eigenvalue weighted by molar-refractivity contribution is -0.130. The Labute approximate surface area is 212 Å². The topological polar surface area (TPSA) is 69.7 Å². The van der Waals surface area contributed by atoms with E-state index in [-0.39, 0.29) is 28.5 Å². The second-order valence-corrected chi connectivity index (χ2v) is 11.8. The molecule has 1 amide bonds. The maximum absolute atomic E-state index is 13.1. The number of anilines is 2. The number of carbonyl (C=O) groups excluding carboxylic acids is 1. The van der Waals surface area contributed by atoms with Gasteiger partial charge in [-0.25, -0.2) is 12.8 Å². The van der Waals surface area contributed by atoms with Gasteiger partial charge in [-0.2, -0.15) is 0 Å². The van der Waals surface area contributed by atoms with Crippen molar-refractivity contribution in [3.63, 3.8) is 0 Å². The molecular weight excluding hydrogens is 477 g/mol. The van der Waals surface area contributed by atoms with Crippen molar-refractivity contribution in [1.82, 2.24) is 4.90 Å². The van der Waals surface area contributed by atoms with Crippen LogP contribution in [0.5, 0.6) is 0 Å². The van der Waals surface area contributed by atoms with Crippen LogP contribution in [0.3, 0.4) is 0 Å². The lowest BCUT2D eigenvalue weighted by atomic mass is 9.87. The van der Waals surface area contributed by atoms with Crippen molar-refractivity contribution in [3.8, 4) is 0 Å². The molecule has 0 atom stereocenters. The van der Waals surface area contributed by atoms with E-state index in [1.165, 1.54) is 12.1 Å². The van der Waals surface area contributed by atoms with E-state index in [2.05, 4.69) is 30.4 Å². The molecule has 4 rings (SSSR count). The van der Waals surface area contributed by atoms with Crippen molar-refractivity contribution in [3.05, 3.63) is 89.7 Å². The predicted molar refractivity (Wildman–Crippen MR) is 141 cm³/mol. The summed E-state index contributed by atoms with van der Waals surface area (Å²) in [4.78, 5) is 16.8. The van der Waals surface area contributed by atoms with E-state index in [9.17, 15) is 17.6 Å². The number of benzene rings is 3. The second-order valence-electron chi connectivity index (χ2n) is 10.1. The second kappa shape index (κ2) is 10.3. The molecule has 1 heterocycles. The maximum atomic E-state index is 13.1. The third-order valence-electron chi connectivity index (χ3n) is 6.42. The molecule has 0 radical (unpaired) electrons. The number of hydrogen-bond acceptors (Lipinski definition) is 4. The first kappa shape index (κ1) is 25.7. The Hall–Kier alpha value is -3.39. The number of amides is 1. The molecule has 0 spiro atoms. The highest BCUT2D eigenvalue weighted by Crippen LogP contribution is 2.25. The Kier molecular flexibility index (Phi) is 7.36. The normalized spacial score (nSPS) is 14.6. The van der Waals surface area contributed by atoms with Crippen molar-refractivity contribution in [2.45, 2.75) is 37.5 Å². The summed E-state index contributed by atoms with van der Waals surface area (Å²) in [6.45, 7) is 8.81. The Bertz CT molecular complexity index is 1290. The molecule has 8 heteroatoms. The molecule has 3 aromatic rings. The van der Waals surface area contributed by atoms with Gasteiger partial charge in [-0.3, -0.25) is 9.52 Å². The molecular formula is C28H32FN3O3S. The minimum Gasteiger partial charge on any atom is -0.368 e. The molecule has 1 aliphatic rings. The van der Waals surface area contributed by atoms with Crippen LogP contribution in [0.4, 0.5) is 15.8 Å². The number of nitrogens with one attached hydrogen (secondary N) is 1. The fraction of sp³-hybridized carbons (Fsp3) is 0.321. The first-order valence-corrected chi connectivity index (χ1v) is 13.5. The average Bonchev–Trinajstić information content (AvgIpc) is 2.85. The minimum atomic E-state index is -3.69. The van der Waals surface area contributed by atoms with E-state index >= 15 is 0 Å². The van der Waals surface area contributed by atoms with Gasteiger partial charge in [-0.1, -0.05) is 45.0 Å². The van der Waals surface area contributed by atoms with Gasteiger partial charge in [0, 0.05) is 37.6 Å². The molecule has 1 N–H and O–H groups in total. The summed E-state index contributed by atoms with van der Waals surface area (Å²) in [7, 11) is -3.69. The van der Waals surface area contributed by atoms with Crippen molar-refractivity contribution >= 4 is 27.3 Å². The molecule has 1 fully saturated rings. The molecule has 0 bridgehead atoms. The number of carbonyl (C=O) groups is 1. The Balaban J connectivity index is 1.32. The van der Waals surface area contributed by atoms with E-state index in [0.717, 1.165) is 16.8 Å². The standard InChI is InChI=1S/C28H32FN3O3S/c1-28(2,3)22-6-14-26(15-7-22)36(34,35)30-24-10-12-25(13-11-24)31-16-18-32(19-17-31)27(33)20-21-4-8-23(29)9-5-21/h4-15,30H,16-20H2,1-3H3. The highest BCUT2D eigenvalue weighted by molar-refractivity contribution is 7.92. The fourth-order valence-corrected chi connectivity index (χ4v) is 5.25. The fourth-order valence-electron chi connectivity index (χ4n) is 4.19. The Morgan fingerprint density at radius 2 is 1.44 bits per heavy atom. The minimum absolute atomic E-state index is 0.0292. The summed E-state index contributed by atoms with van der Waals surface area (Å²) in [6.07, 6.45) is 0.258. The van der Waals surface area contributed by atoms with Crippen molar-refractivity contribution in [2.24, 2.45) is 0 Å². The van der Waals surface area contributed by atoms with E-state index < -0.39 is 10.0 Å². The van der Waals surface area contributed by atoms with Gasteiger partial charge in [0.15, 0.2) is 0 Å². The van der Waals surface area contributed by atoms with Crippen LogP contribution >= 0.6 is 0 Å². The quantitative estimate of drug-likeness (QED) is 0.518. The first-order chi connectivity index (χ1) is 17.0. The first-order valence-electron chi connectivity index (χ1n) is 12.0. The molecule has 36 heavy (non-hydrogen) atoms. The largest absolute Gasteiger partial charge is 0.368 e. The summed E-state index contributed by atoms with van der Waals surface area (Å²) in [6, 6.07) is 20.3.